The van der Waals surface area contributed by atoms with E-state index in [2.05, 4.69) is 6.92 Å². The Kier molecular flexibility index (Phi) is 2.99. The molecule has 0 aromatic heterocycles. The molecule has 2 unspecified atom stereocenters. The molecular weight excluding hydrogens is 288 g/mol. The predicted octanol–water partition coefficient (Wildman–Crippen LogP) is 3.32. The second-order valence-electron chi connectivity index (χ2n) is 8.84. The fraction of sp³-hybridized carbons (Fsp3) is 0.800. The van der Waals surface area contributed by atoms with Crippen LogP contribution in [0.2, 0.25) is 0 Å². The van der Waals surface area contributed by atoms with Crippen LogP contribution in [0.3, 0.4) is 0 Å². The largest absolute Gasteiger partial charge is 0.373 e. The van der Waals surface area contributed by atoms with E-state index in [4.69, 9.17) is 4.74 Å². The summed E-state index contributed by atoms with van der Waals surface area (Å²) in [6.45, 7) is 3.08. The summed E-state index contributed by atoms with van der Waals surface area (Å²) in [5, 5.41) is 0. The lowest BCUT2D eigenvalue weighted by molar-refractivity contribution is -0.131. The van der Waals surface area contributed by atoms with Crippen LogP contribution in [0, 0.1) is 35.0 Å². The molecule has 0 spiro atoms. The number of hydrogen-bond donors (Lipinski definition) is 0. The van der Waals surface area contributed by atoms with Gasteiger partial charge in [-0.2, -0.15) is 0 Å². The summed E-state index contributed by atoms with van der Waals surface area (Å²) in [4.78, 5) is 24.6. The smallest absolute Gasteiger partial charge is 0.156 e. The van der Waals surface area contributed by atoms with Crippen molar-refractivity contribution < 1.29 is 14.3 Å². The maximum atomic E-state index is 12.4. The zero-order valence-corrected chi connectivity index (χ0v) is 13.9. The average molecular weight is 314 g/mol. The van der Waals surface area contributed by atoms with E-state index in [0.29, 0.717) is 53.7 Å². The first-order chi connectivity index (χ1) is 11.1. The van der Waals surface area contributed by atoms with Crippen molar-refractivity contribution in [1.82, 2.24) is 0 Å². The van der Waals surface area contributed by atoms with Gasteiger partial charge in [-0.05, 0) is 61.9 Å². The van der Waals surface area contributed by atoms with Gasteiger partial charge in [0.15, 0.2) is 5.78 Å². The molecule has 1 aliphatic heterocycles. The first-order valence-corrected chi connectivity index (χ1v) is 9.46. The van der Waals surface area contributed by atoms with Gasteiger partial charge in [0.05, 0.1) is 12.7 Å². The third kappa shape index (κ3) is 1.98. The van der Waals surface area contributed by atoms with Gasteiger partial charge in [-0.15, -0.1) is 0 Å². The second kappa shape index (κ2) is 4.78. The highest BCUT2D eigenvalue weighted by atomic mass is 16.6. The van der Waals surface area contributed by atoms with Crippen molar-refractivity contribution in [3.63, 3.8) is 0 Å². The van der Waals surface area contributed by atoms with Crippen molar-refractivity contribution in [2.75, 3.05) is 6.61 Å². The van der Waals surface area contributed by atoms with Crippen LogP contribution in [0.4, 0.5) is 0 Å². The Balaban J connectivity index is 1.50. The van der Waals surface area contributed by atoms with E-state index in [1.807, 2.05) is 6.08 Å². The van der Waals surface area contributed by atoms with Crippen LogP contribution in [-0.2, 0) is 14.3 Å². The number of ether oxygens (including phenoxy) is 1. The van der Waals surface area contributed by atoms with Gasteiger partial charge in [0.2, 0.25) is 0 Å². The summed E-state index contributed by atoms with van der Waals surface area (Å²) in [5.74, 6) is 3.76. The molecule has 0 radical (unpaired) electrons. The lowest BCUT2D eigenvalue weighted by Gasteiger charge is -2.53. The Labute approximate surface area is 137 Å². The third-order valence-corrected chi connectivity index (χ3v) is 7.94. The lowest BCUT2D eigenvalue weighted by atomic mass is 9.50. The highest BCUT2D eigenvalue weighted by Crippen LogP contribution is 2.61. The van der Waals surface area contributed by atoms with Crippen LogP contribution in [0.5, 0.6) is 0 Å². The molecule has 0 N–H and O–H groups in total. The Bertz CT molecular complexity index is 602. The van der Waals surface area contributed by atoms with Gasteiger partial charge in [0, 0.05) is 24.2 Å². The van der Waals surface area contributed by atoms with Crippen LogP contribution < -0.4 is 0 Å². The van der Waals surface area contributed by atoms with Gasteiger partial charge in [0.25, 0.3) is 0 Å². The minimum absolute atomic E-state index is 0.0432. The van der Waals surface area contributed by atoms with Crippen LogP contribution in [0.25, 0.3) is 0 Å². The zero-order valence-electron chi connectivity index (χ0n) is 13.9. The standard InChI is InChI=1S/C20H26O3/c1-20-7-6-14-13(16(20)4-5-18(20)22)3-2-11-8-12(21)9-15(19(11)14)17-10-23-17/h8,13-17,19H,2-7,9-10H2,1H3/t13-,14+,15?,16+,17?,19+,20+/m1/s1. The molecule has 4 aliphatic carbocycles. The summed E-state index contributed by atoms with van der Waals surface area (Å²) >= 11 is 0. The number of allylic oxidation sites excluding steroid dienone is 1. The molecule has 4 fully saturated rings. The fourth-order valence-corrected chi connectivity index (χ4v) is 6.78. The molecule has 1 saturated heterocycles. The molecule has 3 nitrogen and oxygen atoms in total. The maximum absolute atomic E-state index is 12.4. The van der Waals surface area contributed by atoms with Gasteiger partial charge in [-0.1, -0.05) is 12.5 Å². The van der Waals surface area contributed by atoms with E-state index in [9.17, 15) is 9.59 Å². The van der Waals surface area contributed by atoms with E-state index in [0.717, 1.165) is 32.3 Å². The molecule has 5 rings (SSSR count). The van der Waals surface area contributed by atoms with Gasteiger partial charge in [0.1, 0.15) is 5.78 Å². The maximum Gasteiger partial charge on any atom is 0.156 e. The van der Waals surface area contributed by atoms with Gasteiger partial charge < -0.3 is 4.74 Å². The summed E-state index contributed by atoms with van der Waals surface area (Å²) in [6, 6.07) is 0. The average Bonchev–Trinajstić information content (AvgIpc) is 3.32. The van der Waals surface area contributed by atoms with Crippen molar-refractivity contribution in [1.29, 1.82) is 0 Å². The van der Waals surface area contributed by atoms with E-state index in [1.54, 1.807) is 0 Å². The molecular formula is C20H26O3. The molecule has 124 valence electrons. The number of carbonyl (C=O) groups is 2. The minimum atomic E-state index is -0.0432. The molecule has 0 bridgehead atoms. The number of hydrogen-bond acceptors (Lipinski definition) is 3. The molecule has 0 amide bonds. The Hall–Kier alpha value is -0.960. The number of rotatable bonds is 1. The highest BCUT2D eigenvalue weighted by Gasteiger charge is 2.58. The molecule has 1 heterocycles. The second-order valence-corrected chi connectivity index (χ2v) is 8.84. The van der Waals surface area contributed by atoms with Crippen molar-refractivity contribution >= 4 is 11.6 Å². The number of carbonyl (C=O) groups excluding carboxylic acids is 2. The molecule has 23 heavy (non-hydrogen) atoms. The molecule has 5 aliphatic rings. The third-order valence-electron chi connectivity index (χ3n) is 7.94. The Morgan fingerprint density at radius 3 is 2.70 bits per heavy atom. The summed E-state index contributed by atoms with van der Waals surface area (Å²) in [6.07, 6.45) is 9.36. The van der Waals surface area contributed by atoms with Crippen LogP contribution in [0.15, 0.2) is 11.6 Å². The first-order valence-electron chi connectivity index (χ1n) is 9.46. The summed E-state index contributed by atoms with van der Waals surface area (Å²) < 4.78 is 5.61. The minimum Gasteiger partial charge on any atom is -0.373 e. The zero-order chi connectivity index (χ0) is 15.8. The fourth-order valence-electron chi connectivity index (χ4n) is 6.78. The van der Waals surface area contributed by atoms with Crippen LogP contribution in [0.1, 0.15) is 51.9 Å². The van der Waals surface area contributed by atoms with Crippen molar-refractivity contribution in [2.24, 2.45) is 35.0 Å². The normalized spacial score (nSPS) is 51.6. The number of Topliss-reactive ketones (excluding diaryl/α,β-unsaturated/α-hetero) is 1. The van der Waals surface area contributed by atoms with Crippen molar-refractivity contribution in [2.45, 2.75) is 58.0 Å². The molecule has 7 atom stereocenters. The SMILES string of the molecule is C[C@]12CC[C@H]3[C@@H](CCC4=CC(=O)CC(C5CO5)[C@@H]43)[C@@H]1CCC2=O. The number of fused-ring (bicyclic) bond motifs is 5. The monoisotopic (exact) mass is 314 g/mol. The van der Waals surface area contributed by atoms with E-state index >= 15 is 0 Å². The van der Waals surface area contributed by atoms with Crippen LogP contribution in [-0.4, -0.2) is 24.3 Å². The molecule has 0 aromatic rings. The van der Waals surface area contributed by atoms with Gasteiger partial charge in [-0.3, -0.25) is 9.59 Å². The predicted molar refractivity (Wildman–Crippen MR) is 85.7 cm³/mol. The first kappa shape index (κ1) is 14.4. The van der Waals surface area contributed by atoms with Crippen LogP contribution >= 0.6 is 0 Å². The van der Waals surface area contributed by atoms with E-state index in [1.165, 1.54) is 18.4 Å². The number of epoxide rings is 1. The summed E-state index contributed by atoms with van der Waals surface area (Å²) in [7, 11) is 0. The van der Waals surface area contributed by atoms with E-state index in [-0.39, 0.29) is 5.41 Å². The topological polar surface area (TPSA) is 46.7 Å². The van der Waals surface area contributed by atoms with Gasteiger partial charge >= 0.3 is 0 Å². The highest BCUT2D eigenvalue weighted by molar-refractivity contribution is 5.92. The quantitative estimate of drug-likeness (QED) is 0.698. The molecule has 0 aromatic carbocycles. The Morgan fingerprint density at radius 2 is 1.91 bits per heavy atom. The Morgan fingerprint density at radius 1 is 1.09 bits per heavy atom. The van der Waals surface area contributed by atoms with Gasteiger partial charge in [-0.25, -0.2) is 0 Å². The molecule has 3 heteroatoms. The van der Waals surface area contributed by atoms with Crippen molar-refractivity contribution in [3.05, 3.63) is 11.6 Å². The van der Waals surface area contributed by atoms with E-state index < -0.39 is 0 Å². The lowest BCUT2D eigenvalue weighted by Crippen LogP contribution is -2.49. The van der Waals surface area contributed by atoms with Crippen molar-refractivity contribution in [3.8, 4) is 0 Å². The number of ketones is 2. The summed E-state index contributed by atoms with van der Waals surface area (Å²) in [5.41, 5.74) is 1.37. The molecule has 3 saturated carbocycles.